The van der Waals surface area contributed by atoms with Crippen LogP contribution in [0.4, 0.5) is 0 Å². The first-order chi connectivity index (χ1) is 35.0. The number of hydrogen-bond acceptors (Lipinski definition) is 9. The summed E-state index contributed by atoms with van der Waals surface area (Å²) in [4.78, 5) is 24.2. The number of aliphatic hydroxyl groups excluding tert-OH is 6. The minimum Gasteiger partial charge on any atom is -0.393 e. The normalized spacial score (nSPS) is 18.7. The average Bonchev–Trinajstić information content (AvgIpc) is 3.36. The summed E-state index contributed by atoms with van der Waals surface area (Å²) in [7, 11) is 6.07. The monoisotopic (exact) mass is 999 g/mol. The van der Waals surface area contributed by atoms with E-state index in [1.807, 2.05) is 48.5 Å². The van der Waals surface area contributed by atoms with Gasteiger partial charge in [-0.1, -0.05) is 73.7 Å². The van der Waals surface area contributed by atoms with E-state index in [1.165, 1.54) is 16.7 Å². The molecule has 390 valence electrons. The third-order valence-corrected chi connectivity index (χ3v) is 14.8. The van der Waals surface area contributed by atoms with Crippen LogP contribution in [0.3, 0.4) is 0 Å². The molecule has 1 aliphatic rings. The molecule has 13 atom stereocenters. The van der Waals surface area contributed by atoms with Crippen LogP contribution in [0.1, 0.15) is 133 Å². The summed E-state index contributed by atoms with van der Waals surface area (Å²) in [6.07, 6.45) is 16.8. The number of nitrogens with zero attached hydrogens (tertiary/aromatic N) is 3. The largest absolute Gasteiger partial charge is 0.393 e. The molecule has 3 heterocycles. The number of ether oxygens (including phenoxy) is 1. The van der Waals surface area contributed by atoms with Crippen LogP contribution in [-0.4, -0.2) is 85.9 Å². The molecule has 0 saturated heterocycles. The van der Waals surface area contributed by atoms with Gasteiger partial charge < -0.3 is 35.4 Å². The molecule has 0 radical (unpaired) electrons. The second kappa shape index (κ2) is 27.6. The molecule has 12 nitrogen and oxygen atoms in total. The maximum atomic E-state index is 12.2. The Morgan fingerprint density at radius 1 is 0.548 bits per heavy atom. The Morgan fingerprint density at radius 2 is 1.01 bits per heavy atom. The van der Waals surface area contributed by atoms with Gasteiger partial charge in [-0.25, -0.2) is 13.7 Å². The summed E-state index contributed by atoms with van der Waals surface area (Å²) in [6, 6.07) is 29.9. The number of aromatic nitrogens is 3. The Morgan fingerprint density at radius 3 is 1.51 bits per heavy atom. The fourth-order valence-electron chi connectivity index (χ4n) is 11.0. The van der Waals surface area contributed by atoms with Crippen molar-refractivity contribution in [2.45, 2.75) is 145 Å². The molecular formula is C61H80N3O9+3. The van der Waals surface area contributed by atoms with Crippen molar-refractivity contribution >= 4 is 12.6 Å². The molecule has 3 aromatic heterocycles. The van der Waals surface area contributed by atoms with E-state index in [-0.39, 0.29) is 80.6 Å². The Balaban J connectivity index is 1.39. The molecule has 12 heteroatoms. The lowest BCUT2D eigenvalue weighted by Gasteiger charge is -2.44. The van der Waals surface area contributed by atoms with Crippen LogP contribution in [-0.2, 0) is 43.7 Å². The zero-order valence-corrected chi connectivity index (χ0v) is 43.6. The number of pyridine rings is 3. The van der Waals surface area contributed by atoms with Gasteiger partial charge in [0.2, 0.25) is 0 Å². The number of aldehydes is 2. The zero-order valence-electron chi connectivity index (χ0n) is 43.6. The molecular weight excluding hydrogens is 919 g/mol. The van der Waals surface area contributed by atoms with E-state index < -0.39 is 42.7 Å². The van der Waals surface area contributed by atoms with Gasteiger partial charge in [-0.2, -0.15) is 0 Å². The number of carbonyl (C=O) groups is 2. The van der Waals surface area contributed by atoms with Crippen LogP contribution < -0.4 is 13.7 Å². The quantitative estimate of drug-likeness (QED) is 0.0244. The zero-order chi connectivity index (χ0) is 52.6. The van der Waals surface area contributed by atoms with Crippen molar-refractivity contribution in [1.29, 1.82) is 0 Å². The number of benzene rings is 2. The standard InChI is InChI=1S/C61H80N3O9/c1-41(67)31-53(69)34-55(71)35-56(72)37-57(36-54(70)32-42(2)68)73-40-47-9-7-44(8-10-47)33-58(49-21-27-63(5)28-22-49)60(52-23-29-64(6)30-24-52)61(51-17-13-46(39-66)14-18-51)59(50-15-11-45(38-65)12-16-50)43(3)48-19-25-62(4)26-20-48/h7-15,17-30,38-39,41-43,50,53-61,67-72H,16,31-37,40H2,1-6H3/q+3/t41?,42?,43-,50?,53?,54?,55?,56?,57?,58?,59?,60?,61?/m0/s1. The third-order valence-electron chi connectivity index (χ3n) is 14.8. The van der Waals surface area contributed by atoms with E-state index >= 15 is 0 Å². The van der Waals surface area contributed by atoms with Gasteiger partial charge in [0.1, 0.15) is 33.7 Å². The molecule has 0 spiro atoms. The second-order valence-electron chi connectivity index (χ2n) is 21.0. The molecule has 5 aromatic rings. The molecule has 0 amide bonds. The minimum atomic E-state index is -0.996. The first-order valence-corrected chi connectivity index (χ1v) is 26.0. The molecule has 1 aliphatic carbocycles. The lowest BCUT2D eigenvalue weighted by molar-refractivity contribution is -0.671. The second-order valence-corrected chi connectivity index (χ2v) is 21.0. The fraction of sp³-hybridized carbons (Fsp3) is 0.459. The minimum absolute atomic E-state index is 0.00757. The van der Waals surface area contributed by atoms with E-state index in [1.54, 1.807) is 13.8 Å². The van der Waals surface area contributed by atoms with Gasteiger partial charge in [0, 0.05) is 47.5 Å². The lowest BCUT2D eigenvalue weighted by atomic mass is 9.59. The predicted octanol–water partition coefficient (Wildman–Crippen LogP) is 6.42. The highest BCUT2D eigenvalue weighted by molar-refractivity contribution is 5.77. The molecule has 0 aliphatic heterocycles. The summed E-state index contributed by atoms with van der Waals surface area (Å²) < 4.78 is 12.6. The molecule has 2 aromatic carbocycles. The van der Waals surface area contributed by atoms with Crippen LogP contribution >= 0.6 is 0 Å². The Bertz CT molecular complexity index is 2510. The SMILES string of the molecule is CC(O)CC(O)CC(O)CC(O)CC(CC(O)CC(C)O)OCc1ccc(CC(c2cc[n+](C)cc2)C(c2cc[n+](C)cc2)C(c2ccc(C=O)cc2)C(C2C=CC(C=O)=CC2)[C@@H](C)c2cc[n+](C)cc2)cc1. The fourth-order valence-corrected chi connectivity index (χ4v) is 11.0. The highest BCUT2D eigenvalue weighted by Gasteiger charge is 2.43. The first-order valence-electron chi connectivity index (χ1n) is 26.0. The van der Waals surface area contributed by atoms with Crippen LogP contribution in [0.15, 0.2) is 146 Å². The van der Waals surface area contributed by atoms with Crippen molar-refractivity contribution in [3.8, 4) is 0 Å². The summed E-state index contributed by atoms with van der Waals surface area (Å²) >= 11 is 0. The van der Waals surface area contributed by atoms with Crippen LogP contribution in [0, 0.1) is 11.8 Å². The number of hydrogen-bond donors (Lipinski definition) is 6. The van der Waals surface area contributed by atoms with E-state index in [2.05, 4.69) is 134 Å². The van der Waals surface area contributed by atoms with E-state index in [4.69, 9.17) is 4.74 Å². The van der Waals surface area contributed by atoms with Crippen LogP contribution in [0.5, 0.6) is 0 Å². The number of allylic oxidation sites excluding steroid dienone is 4. The first kappa shape index (κ1) is 56.7. The maximum Gasteiger partial charge on any atom is 0.168 e. The Labute approximate surface area is 432 Å². The van der Waals surface area contributed by atoms with Crippen molar-refractivity contribution in [2.75, 3.05) is 0 Å². The van der Waals surface area contributed by atoms with Gasteiger partial charge in [-0.05, 0) is 134 Å². The number of carbonyl (C=O) groups excluding carboxylic acids is 2. The Kier molecular flexibility index (Phi) is 21.5. The number of aliphatic hydroxyl groups is 6. The van der Waals surface area contributed by atoms with Crippen LogP contribution in [0.2, 0.25) is 0 Å². The van der Waals surface area contributed by atoms with Gasteiger partial charge in [0.25, 0.3) is 0 Å². The summed E-state index contributed by atoms with van der Waals surface area (Å²) in [5.74, 6) is -0.116. The van der Waals surface area contributed by atoms with E-state index in [0.717, 1.165) is 29.3 Å². The molecule has 6 rings (SSSR count). The molecule has 0 saturated carbocycles. The van der Waals surface area contributed by atoms with Gasteiger partial charge in [-0.15, -0.1) is 0 Å². The molecule has 0 fully saturated rings. The third kappa shape index (κ3) is 17.0. The number of aryl methyl sites for hydroxylation is 3. The highest BCUT2D eigenvalue weighted by atomic mass is 16.5. The molecule has 0 bridgehead atoms. The molecule has 12 unspecified atom stereocenters. The summed E-state index contributed by atoms with van der Waals surface area (Å²) in [6.45, 7) is 5.71. The van der Waals surface area contributed by atoms with Crippen molar-refractivity contribution in [3.63, 3.8) is 0 Å². The molecule has 73 heavy (non-hydrogen) atoms. The van der Waals surface area contributed by atoms with Gasteiger partial charge in [0.05, 0.1) is 49.3 Å². The maximum absolute atomic E-state index is 12.2. The Hall–Kier alpha value is -5.57. The predicted molar refractivity (Wildman–Crippen MR) is 280 cm³/mol. The van der Waals surface area contributed by atoms with Gasteiger partial charge >= 0.3 is 0 Å². The van der Waals surface area contributed by atoms with Gasteiger partial charge in [0.15, 0.2) is 37.2 Å². The summed E-state index contributed by atoms with van der Waals surface area (Å²) in [5, 5.41) is 62.5. The van der Waals surface area contributed by atoms with E-state index in [0.29, 0.717) is 24.0 Å². The van der Waals surface area contributed by atoms with Crippen molar-refractivity contribution < 1.29 is 58.7 Å². The topological polar surface area (TPSA) is 176 Å². The van der Waals surface area contributed by atoms with E-state index in [9.17, 15) is 40.2 Å². The number of rotatable bonds is 28. The highest BCUT2D eigenvalue weighted by Crippen LogP contribution is 2.54. The van der Waals surface area contributed by atoms with Crippen molar-refractivity contribution in [2.24, 2.45) is 33.0 Å². The van der Waals surface area contributed by atoms with Crippen molar-refractivity contribution in [3.05, 3.63) is 185 Å². The van der Waals surface area contributed by atoms with Gasteiger partial charge in [-0.3, -0.25) is 9.59 Å². The van der Waals surface area contributed by atoms with Crippen molar-refractivity contribution in [1.82, 2.24) is 0 Å². The average molecular weight is 999 g/mol. The lowest BCUT2D eigenvalue weighted by Crippen LogP contribution is -2.35. The van der Waals surface area contributed by atoms with Crippen LogP contribution in [0.25, 0.3) is 0 Å². The molecule has 6 N–H and O–H groups in total. The summed E-state index contributed by atoms with van der Waals surface area (Å²) in [5.41, 5.74) is 8.00. The smallest absolute Gasteiger partial charge is 0.168 e.